The van der Waals surface area contributed by atoms with Crippen molar-refractivity contribution in [1.82, 2.24) is 14.9 Å². The van der Waals surface area contributed by atoms with E-state index in [2.05, 4.69) is 21.7 Å². The van der Waals surface area contributed by atoms with Crippen LogP contribution in [0.3, 0.4) is 0 Å². The number of carbonyl (C=O) groups excluding carboxylic acids is 3. The molecule has 0 spiro atoms. The smallest absolute Gasteiger partial charge is 0.253 e. The van der Waals surface area contributed by atoms with Gasteiger partial charge >= 0.3 is 0 Å². The molecular weight excluding hydrogens is 540 g/mol. The van der Waals surface area contributed by atoms with Crippen LogP contribution in [0.4, 0.5) is 5.13 Å². The maximum atomic E-state index is 13.1. The molecule has 2 aliphatic rings. The minimum absolute atomic E-state index is 0.00483. The van der Waals surface area contributed by atoms with Crippen LogP contribution in [-0.4, -0.2) is 60.1 Å². The highest BCUT2D eigenvalue weighted by Gasteiger charge is 2.29. The quantitative estimate of drug-likeness (QED) is 0.390. The first-order valence-corrected chi connectivity index (χ1v) is 14.7. The first kappa shape index (κ1) is 28.9. The predicted molar refractivity (Wildman–Crippen MR) is 159 cm³/mol. The summed E-state index contributed by atoms with van der Waals surface area (Å²) in [5.41, 5.74) is 3.34. The zero-order chi connectivity index (χ0) is 29.1. The molecule has 1 aromatic carbocycles. The summed E-state index contributed by atoms with van der Waals surface area (Å²) in [7, 11) is 1.47. The summed E-state index contributed by atoms with van der Waals surface area (Å²) < 4.78 is 12.5. The molecule has 0 radical (unpaired) electrons. The molecule has 3 heterocycles. The van der Waals surface area contributed by atoms with Crippen LogP contribution in [0.5, 0.6) is 0 Å². The molecule has 1 aliphatic heterocycles. The van der Waals surface area contributed by atoms with Crippen molar-refractivity contribution < 1.29 is 23.9 Å². The lowest BCUT2D eigenvalue weighted by Gasteiger charge is -2.32. The summed E-state index contributed by atoms with van der Waals surface area (Å²) in [4.78, 5) is 43.6. The fraction of sp³-hybridized carbons (Fsp3) is 0.419. The summed E-state index contributed by atoms with van der Waals surface area (Å²) in [6.45, 7) is 7.66. The average molecular weight is 577 g/mol. The number of anilines is 1. The minimum Gasteiger partial charge on any atom is -0.382 e. The highest BCUT2D eigenvalue weighted by molar-refractivity contribution is 7.14. The fourth-order valence-electron chi connectivity index (χ4n) is 4.95. The van der Waals surface area contributed by atoms with E-state index in [1.165, 1.54) is 18.4 Å². The monoisotopic (exact) mass is 576 g/mol. The second kappa shape index (κ2) is 12.1. The number of ether oxygens (including phenoxy) is 2. The minimum atomic E-state index is -0.908. The number of nitrogens with zero attached hydrogens (tertiary/aromatic N) is 2. The number of amides is 2. The number of rotatable bonds is 8. The molecule has 0 bridgehead atoms. The van der Waals surface area contributed by atoms with Crippen molar-refractivity contribution in [2.45, 2.75) is 45.2 Å². The molecule has 0 saturated carbocycles. The number of benzene rings is 1. The molecule has 1 unspecified atom stereocenters. The van der Waals surface area contributed by atoms with E-state index in [1.54, 1.807) is 12.3 Å². The van der Waals surface area contributed by atoms with Gasteiger partial charge in [0.2, 0.25) is 0 Å². The highest BCUT2D eigenvalue weighted by Crippen LogP contribution is 2.32. The standard InChI is InChI=1S/C31H36N4O5S/c1-31(2,3)35-12-11-22(14-35)28(37)32-25(17-39-4)29(38)34-30-33-26(18-41-30)21-8-7-20-6-5-19(23-15-40-16-23)9-10-27(36)24(20)13-21/h5-8,11-14,18-19,23,25H,9-10,15-17H2,1-4H3,(H,32,37)(H,33,34,38)/b6-5-/t19?,25-/m0/s1. The summed E-state index contributed by atoms with van der Waals surface area (Å²) in [5.74, 6) is 0.187. The van der Waals surface area contributed by atoms with E-state index in [0.717, 1.165) is 30.8 Å². The second-order valence-electron chi connectivity index (χ2n) is 11.6. The van der Waals surface area contributed by atoms with Gasteiger partial charge in [-0.15, -0.1) is 11.3 Å². The molecule has 1 aliphatic carbocycles. The van der Waals surface area contributed by atoms with Crippen LogP contribution in [0.1, 0.15) is 59.9 Å². The van der Waals surface area contributed by atoms with E-state index < -0.39 is 11.9 Å². The van der Waals surface area contributed by atoms with Gasteiger partial charge in [-0.05, 0) is 50.8 Å². The van der Waals surface area contributed by atoms with Gasteiger partial charge in [0.05, 0.1) is 31.1 Å². The lowest BCUT2D eigenvalue weighted by atomic mass is 9.82. The first-order valence-electron chi connectivity index (χ1n) is 13.8. The molecule has 1 fully saturated rings. The van der Waals surface area contributed by atoms with E-state index in [9.17, 15) is 14.4 Å². The van der Waals surface area contributed by atoms with Gasteiger partial charge < -0.3 is 24.7 Å². The Balaban J connectivity index is 1.26. The number of hydrogen-bond acceptors (Lipinski definition) is 7. The predicted octanol–water partition coefficient (Wildman–Crippen LogP) is 5.00. The number of ketones is 1. The van der Waals surface area contributed by atoms with Crippen LogP contribution in [0, 0.1) is 11.8 Å². The Labute approximate surface area is 244 Å². The average Bonchev–Trinajstić information content (AvgIpc) is 3.58. The van der Waals surface area contributed by atoms with E-state index in [4.69, 9.17) is 9.47 Å². The SMILES string of the molecule is COC[C@H](NC(=O)c1ccn(C(C)(C)C)c1)C(=O)Nc1nc(-c2ccc3c(c2)C(=O)CCC(C2COC2)/C=C\3)cs1. The van der Waals surface area contributed by atoms with Crippen LogP contribution in [0.25, 0.3) is 17.3 Å². The third-order valence-corrected chi connectivity index (χ3v) is 8.32. The normalized spacial score (nSPS) is 18.9. The summed E-state index contributed by atoms with van der Waals surface area (Å²) in [6.07, 6.45) is 9.18. The number of Topliss-reactive ketones (excluding diaryl/α,β-unsaturated/α-hetero) is 1. The Kier molecular flexibility index (Phi) is 8.53. The number of allylic oxidation sites excluding steroid dienone is 1. The van der Waals surface area contributed by atoms with Crippen LogP contribution < -0.4 is 10.6 Å². The van der Waals surface area contributed by atoms with E-state index in [0.29, 0.717) is 40.2 Å². The van der Waals surface area contributed by atoms with Gasteiger partial charge in [0, 0.05) is 53.9 Å². The first-order chi connectivity index (χ1) is 19.6. The van der Waals surface area contributed by atoms with Gasteiger partial charge in [0.1, 0.15) is 6.04 Å². The van der Waals surface area contributed by atoms with Crippen LogP contribution >= 0.6 is 11.3 Å². The lowest BCUT2D eigenvalue weighted by Crippen LogP contribution is -2.46. The van der Waals surface area contributed by atoms with Crippen molar-refractivity contribution in [1.29, 1.82) is 0 Å². The molecule has 5 rings (SSSR count). The fourth-order valence-corrected chi connectivity index (χ4v) is 5.67. The van der Waals surface area contributed by atoms with Gasteiger partial charge in [-0.25, -0.2) is 4.98 Å². The maximum Gasteiger partial charge on any atom is 0.253 e. The topological polar surface area (TPSA) is 112 Å². The van der Waals surface area contributed by atoms with Crippen molar-refractivity contribution in [2.75, 3.05) is 32.2 Å². The van der Waals surface area contributed by atoms with Crippen molar-refractivity contribution in [3.63, 3.8) is 0 Å². The maximum absolute atomic E-state index is 13.1. The van der Waals surface area contributed by atoms with E-state index >= 15 is 0 Å². The molecule has 3 aromatic rings. The number of aromatic nitrogens is 2. The molecule has 2 aromatic heterocycles. The van der Waals surface area contributed by atoms with Gasteiger partial charge in [-0.2, -0.15) is 0 Å². The molecule has 41 heavy (non-hydrogen) atoms. The van der Waals surface area contributed by atoms with Crippen molar-refractivity contribution in [3.05, 3.63) is 64.8 Å². The molecule has 10 heteroatoms. The molecule has 216 valence electrons. The number of carbonyl (C=O) groups is 3. The van der Waals surface area contributed by atoms with Crippen LogP contribution in [0.15, 0.2) is 48.1 Å². The second-order valence-corrected chi connectivity index (χ2v) is 12.4. The Hall–Kier alpha value is -3.60. The van der Waals surface area contributed by atoms with Gasteiger partial charge in [-0.3, -0.25) is 14.4 Å². The van der Waals surface area contributed by atoms with Crippen LogP contribution in [-0.2, 0) is 19.8 Å². The zero-order valence-corrected chi connectivity index (χ0v) is 24.6. The van der Waals surface area contributed by atoms with Crippen molar-refractivity contribution in [2.24, 2.45) is 11.8 Å². The summed E-state index contributed by atoms with van der Waals surface area (Å²) in [6, 6.07) is 6.59. The van der Waals surface area contributed by atoms with E-state index in [1.807, 2.05) is 61.2 Å². The number of nitrogens with one attached hydrogen (secondary N) is 2. The van der Waals surface area contributed by atoms with Crippen molar-refractivity contribution in [3.8, 4) is 11.3 Å². The van der Waals surface area contributed by atoms with Crippen LogP contribution in [0.2, 0.25) is 0 Å². The largest absolute Gasteiger partial charge is 0.382 e. The number of fused-ring (bicyclic) bond motifs is 1. The zero-order valence-electron chi connectivity index (χ0n) is 23.8. The lowest BCUT2D eigenvalue weighted by molar-refractivity contribution is -0.119. The Morgan fingerprint density at radius 1 is 1.24 bits per heavy atom. The number of thiazole rings is 1. The molecule has 2 amide bonds. The summed E-state index contributed by atoms with van der Waals surface area (Å²) in [5, 5.41) is 7.79. The number of methoxy groups -OCH3 is 1. The molecule has 1 saturated heterocycles. The Morgan fingerprint density at radius 2 is 2.05 bits per heavy atom. The summed E-state index contributed by atoms with van der Waals surface area (Å²) >= 11 is 1.28. The van der Waals surface area contributed by atoms with Gasteiger partial charge in [0.15, 0.2) is 10.9 Å². The molecule has 9 nitrogen and oxygen atoms in total. The molecule has 2 atom stereocenters. The van der Waals surface area contributed by atoms with Crippen molar-refractivity contribution >= 4 is 40.1 Å². The third-order valence-electron chi connectivity index (χ3n) is 7.57. The third kappa shape index (κ3) is 6.66. The molecular formula is C31H36N4O5S. The Morgan fingerprint density at radius 3 is 2.73 bits per heavy atom. The van der Waals surface area contributed by atoms with Gasteiger partial charge in [-0.1, -0.05) is 24.3 Å². The van der Waals surface area contributed by atoms with E-state index in [-0.39, 0.29) is 23.8 Å². The Bertz CT molecular complexity index is 1460. The highest BCUT2D eigenvalue weighted by atomic mass is 32.1. The van der Waals surface area contributed by atoms with Gasteiger partial charge in [0.25, 0.3) is 11.8 Å². The molecule has 2 N–H and O–H groups in total. The number of hydrogen-bond donors (Lipinski definition) is 2.